The molecule has 2 aliphatic rings. The lowest BCUT2D eigenvalue weighted by Crippen LogP contribution is -2.57. The highest BCUT2D eigenvalue weighted by atomic mass is 32.2. The van der Waals surface area contributed by atoms with Gasteiger partial charge >= 0.3 is 0 Å². The van der Waals surface area contributed by atoms with E-state index in [2.05, 4.69) is 35.2 Å². The molecule has 0 spiro atoms. The summed E-state index contributed by atoms with van der Waals surface area (Å²) < 4.78 is 21.3. The number of ether oxygens (including phenoxy) is 1. The second-order valence-corrected chi connectivity index (χ2v) is 8.93. The third-order valence-corrected chi connectivity index (χ3v) is 6.70. The maximum Gasteiger partial charge on any atom is 0.213 e. The largest absolute Gasteiger partial charge is 0.477 e. The first-order valence-electron chi connectivity index (χ1n) is 11.2. The molecule has 10 heteroatoms. The van der Waals surface area contributed by atoms with Crippen LogP contribution in [0.5, 0.6) is 5.88 Å². The third kappa shape index (κ3) is 5.42. The number of piperidine rings is 1. The molecule has 2 aromatic heterocycles. The Morgan fingerprint density at radius 1 is 1.12 bits per heavy atom. The Balaban J connectivity index is 1.09. The molecule has 0 amide bonds. The second-order valence-electron chi connectivity index (χ2n) is 8.42. The highest BCUT2D eigenvalue weighted by Crippen LogP contribution is 2.31. The molecule has 0 aliphatic carbocycles. The Hall–Kier alpha value is -2.37. The summed E-state index contributed by atoms with van der Waals surface area (Å²) in [6, 6.07) is 12.5. The molecular formula is C23H28N4O5S. The van der Waals surface area contributed by atoms with Crippen LogP contribution in [0.1, 0.15) is 18.4 Å². The molecule has 1 aromatic carbocycles. The van der Waals surface area contributed by atoms with Crippen LogP contribution in [0.3, 0.4) is 0 Å². The van der Waals surface area contributed by atoms with Crippen molar-refractivity contribution in [2.45, 2.75) is 25.5 Å². The molecular weight excluding hydrogens is 444 g/mol. The molecule has 0 saturated carbocycles. The van der Waals surface area contributed by atoms with Gasteiger partial charge in [0.2, 0.25) is 5.88 Å². The number of nitrogens with zero attached hydrogens (tertiary/aromatic N) is 4. The first-order chi connectivity index (χ1) is 16.3. The fourth-order valence-electron chi connectivity index (χ4n) is 4.61. The Labute approximate surface area is 197 Å². The SMILES string of the molecule is COOSOCc1ccc(OC[C@@H]2CC[C@H]3CN(c4noc5ccccc45)CCN3C2)nc1. The van der Waals surface area contributed by atoms with Crippen molar-refractivity contribution in [2.24, 2.45) is 5.92 Å². The van der Waals surface area contributed by atoms with E-state index in [1.807, 2.05) is 30.3 Å². The van der Waals surface area contributed by atoms with Gasteiger partial charge in [-0.15, -0.1) is 4.33 Å². The lowest BCUT2D eigenvalue weighted by atomic mass is 9.91. The average molecular weight is 473 g/mol. The smallest absolute Gasteiger partial charge is 0.213 e. The maximum absolute atomic E-state index is 5.99. The van der Waals surface area contributed by atoms with Gasteiger partial charge in [-0.3, -0.25) is 9.08 Å². The van der Waals surface area contributed by atoms with Crippen molar-refractivity contribution in [3.05, 3.63) is 48.2 Å². The molecule has 2 saturated heterocycles. The second kappa shape index (κ2) is 10.7. The molecule has 9 nitrogen and oxygen atoms in total. The van der Waals surface area contributed by atoms with E-state index in [1.54, 1.807) is 6.20 Å². The van der Waals surface area contributed by atoms with Gasteiger partial charge in [-0.2, -0.15) is 0 Å². The van der Waals surface area contributed by atoms with Crippen LogP contribution < -0.4 is 9.64 Å². The number of piperazine rings is 1. The standard InChI is InChI=1S/C23H28N4O5S/c1-28-32-33-30-16-17-7-9-22(24-12-17)29-15-18-6-8-19-14-27(11-10-26(19)13-18)23-20-4-2-3-5-21(20)31-25-23/h2-5,7,9,12,18-19H,6,8,10-11,13-16H2,1H3/t18-,19+/m1/s1. The molecule has 2 fully saturated rings. The van der Waals surface area contributed by atoms with Crippen LogP contribution in [0.2, 0.25) is 0 Å². The topological polar surface area (TPSA) is 82.3 Å². The zero-order valence-electron chi connectivity index (χ0n) is 18.6. The Morgan fingerprint density at radius 3 is 2.94 bits per heavy atom. The minimum atomic E-state index is 0.376. The molecule has 0 bridgehead atoms. The Bertz CT molecular complexity index is 1030. The number of hydrogen-bond donors (Lipinski definition) is 0. The van der Waals surface area contributed by atoms with E-state index in [4.69, 9.17) is 13.4 Å². The van der Waals surface area contributed by atoms with Crippen LogP contribution >= 0.6 is 12.3 Å². The van der Waals surface area contributed by atoms with Crippen LogP contribution in [0.4, 0.5) is 5.82 Å². The fourth-order valence-corrected chi connectivity index (χ4v) is 4.89. The molecule has 0 unspecified atom stereocenters. The van der Waals surface area contributed by atoms with Crippen LogP contribution in [-0.2, 0) is 20.0 Å². The summed E-state index contributed by atoms with van der Waals surface area (Å²) >= 11 is 0.793. The van der Waals surface area contributed by atoms with E-state index in [1.165, 1.54) is 7.11 Å². The van der Waals surface area contributed by atoms with E-state index in [0.717, 1.165) is 73.7 Å². The minimum Gasteiger partial charge on any atom is -0.477 e. The summed E-state index contributed by atoms with van der Waals surface area (Å²) in [6.45, 7) is 5.09. The Morgan fingerprint density at radius 2 is 2.06 bits per heavy atom. The van der Waals surface area contributed by atoms with Crippen molar-refractivity contribution >= 4 is 29.1 Å². The van der Waals surface area contributed by atoms with Gasteiger partial charge in [0.15, 0.2) is 23.7 Å². The number of hydrogen-bond acceptors (Lipinski definition) is 10. The van der Waals surface area contributed by atoms with Crippen molar-refractivity contribution < 1.29 is 22.7 Å². The summed E-state index contributed by atoms with van der Waals surface area (Å²) in [5.74, 6) is 2.12. The number of fused-ring (bicyclic) bond motifs is 2. The molecule has 4 heterocycles. The lowest BCUT2D eigenvalue weighted by Gasteiger charge is -2.46. The molecule has 2 atom stereocenters. The number of pyridine rings is 1. The molecule has 33 heavy (non-hydrogen) atoms. The summed E-state index contributed by atoms with van der Waals surface area (Å²) in [5, 5.41) is 5.45. The zero-order valence-corrected chi connectivity index (χ0v) is 19.4. The number of aromatic nitrogens is 2. The quantitative estimate of drug-likeness (QED) is 0.198. The lowest BCUT2D eigenvalue weighted by molar-refractivity contribution is -0.167. The van der Waals surface area contributed by atoms with E-state index in [9.17, 15) is 0 Å². The maximum atomic E-state index is 5.99. The van der Waals surface area contributed by atoms with Gasteiger partial charge in [0.25, 0.3) is 0 Å². The van der Waals surface area contributed by atoms with Gasteiger partial charge in [-0.1, -0.05) is 17.3 Å². The van der Waals surface area contributed by atoms with E-state index >= 15 is 0 Å². The summed E-state index contributed by atoms with van der Waals surface area (Å²) in [6.07, 6.45) is 4.06. The zero-order chi connectivity index (χ0) is 22.5. The normalized spacial score (nSPS) is 21.3. The van der Waals surface area contributed by atoms with Crippen LogP contribution in [0, 0.1) is 5.92 Å². The van der Waals surface area contributed by atoms with Crippen LogP contribution in [0.15, 0.2) is 47.1 Å². The predicted octanol–water partition coefficient (Wildman–Crippen LogP) is 3.86. The molecule has 2 aliphatic heterocycles. The first-order valence-corrected chi connectivity index (χ1v) is 11.9. The highest BCUT2D eigenvalue weighted by Gasteiger charge is 2.34. The van der Waals surface area contributed by atoms with Gasteiger partial charge in [-0.05, 0) is 36.6 Å². The molecule has 176 valence electrons. The van der Waals surface area contributed by atoms with E-state index < -0.39 is 0 Å². The number of rotatable bonds is 9. The minimum absolute atomic E-state index is 0.376. The monoisotopic (exact) mass is 472 g/mol. The van der Waals surface area contributed by atoms with Crippen LogP contribution in [0.25, 0.3) is 11.0 Å². The Kier molecular flexibility index (Phi) is 7.27. The van der Waals surface area contributed by atoms with Crippen molar-refractivity contribution in [3.63, 3.8) is 0 Å². The summed E-state index contributed by atoms with van der Waals surface area (Å²) in [7, 11) is 1.43. The molecule has 3 aromatic rings. The van der Waals surface area contributed by atoms with Gasteiger partial charge < -0.3 is 14.2 Å². The third-order valence-electron chi connectivity index (χ3n) is 6.30. The van der Waals surface area contributed by atoms with Crippen molar-refractivity contribution in [2.75, 3.05) is 44.8 Å². The number of anilines is 1. The van der Waals surface area contributed by atoms with E-state index in [0.29, 0.717) is 31.1 Å². The van der Waals surface area contributed by atoms with Gasteiger partial charge in [0.05, 0.1) is 25.7 Å². The first kappa shape index (κ1) is 22.4. The van der Waals surface area contributed by atoms with E-state index in [-0.39, 0.29) is 0 Å². The molecule has 5 rings (SSSR count). The predicted molar refractivity (Wildman–Crippen MR) is 125 cm³/mol. The molecule has 0 radical (unpaired) electrons. The van der Waals surface area contributed by atoms with Crippen molar-refractivity contribution in [3.8, 4) is 5.88 Å². The van der Waals surface area contributed by atoms with Gasteiger partial charge in [0, 0.05) is 50.4 Å². The van der Waals surface area contributed by atoms with Crippen molar-refractivity contribution in [1.82, 2.24) is 15.0 Å². The van der Waals surface area contributed by atoms with Crippen LogP contribution in [-0.4, -0.2) is 61.0 Å². The fraction of sp³-hybridized carbons (Fsp3) is 0.478. The van der Waals surface area contributed by atoms with Crippen molar-refractivity contribution in [1.29, 1.82) is 0 Å². The molecule has 0 N–H and O–H groups in total. The summed E-state index contributed by atoms with van der Waals surface area (Å²) in [4.78, 5) is 13.8. The average Bonchev–Trinajstić information content (AvgIpc) is 3.30. The number of para-hydroxylation sites is 1. The summed E-state index contributed by atoms with van der Waals surface area (Å²) in [5.41, 5.74) is 1.79. The number of benzene rings is 1. The van der Waals surface area contributed by atoms with Gasteiger partial charge in [0.1, 0.15) is 0 Å². The van der Waals surface area contributed by atoms with Gasteiger partial charge in [-0.25, -0.2) is 9.87 Å². The highest BCUT2D eigenvalue weighted by molar-refractivity contribution is 7.89.